The average molecular weight is 292 g/mol. The fourth-order valence-electron chi connectivity index (χ4n) is 1.55. The zero-order chi connectivity index (χ0) is 10.7. The van der Waals surface area contributed by atoms with E-state index < -0.39 is 0 Å². The molecule has 0 aromatic heterocycles. The van der Waals surface area contributed by atoms with Crippen LogP contribution in [0.5, 0.6) is 5.75 Å². The van der Waals surface area contributed by atoms with Gasteiger partial charge in [0.1, 0.15) is 11.9 Å². The molecule has 0 N–H and O–H groups in total. The predicted molar refractivity (Wildman–Crippen MR) is 63.9 cm³/mol. The van der Waals surface area contributed by atoms with Gasteiger partial charge in [0, 0.05) is 22.3 Å². The Kier molecular flexibility index (Phi) is 3.89. The SMILES string of the molecule is Clc1ccc(OC2CCOC2)c(CBr)c1. The van der Waals surface area contributed by atoms with Crippen LogP contribution in [0.2, 0.25) is 5.02 Å². The zero-order valence-corrected chi connectivity index (χ0v) is 10.6. The van der Waals surface area contributed by atoms with E-state index in [9.17, 15) is 0 Å². The minimum absolute atomic E-state index is 0.184. The molecule has 1 aromatic rings. The second kappa shape index (κ2) is 5.19. The molecule has 0 amide bonds. The van der Waals surface area contributed by atoms with Crippen molar-refractivity contribution in [3.05, 3.63) is 28.8 Å². The lowest BCUT2D eigenvalue weighted by molar-refractivity contribution is 0.141. The van der Waals surface area contributed by atoms with Crippen molar-refractivity contribution in [2.75, 3.05) is 13.2 Å². The Morgan fingerprint density at radius 2 is 2.40 bits per heavy atom. The van der Waals surface area contributed by atoms with Crippen LogP contribution >= 0.6 is 27.5 Å². The van der Waals surface area contributed by atoms with E-state index in [1.54, 1.807) is 0 Å². The van der Waals surface area contributed by atoms with Crippen molar-refractivity contribution in [2.24, 2.45) is 0 Å². The summed E-state index contributed by atoms with van der Waals surface area (Å²) in [5.41, 5.74) is 1.08. The van der Waals surface area contributed by atoms with E-state index in [-0.39, 0.29) is 6.10 Å². The third-order valence-electron chi connectivity index (χ3n) is 2.35. The first-order valence-electron chi connectivity index (χ1n) is 4.88. The Bertz CT molecular complexity index is 337. The molecule has 0 radical (unpaired) electrons. The van der Waals surface area contributed by atoms with Gasteiger partial charge in [-0.05, 0) is 18.2 Å². The molecule has 1 saturated heterocycles. The maximum Gasteiger partial charge on any atom is 0.124 e. The third-order valence-corrected chi connectivity index (χ3v) is 3.19. The monoisotopic (exact) mass is 290 g/mol. The fourth-order valence-corrected chi connectivity index (χ4v) is 2.19. The summed E-state index contributed by atoms with van der Waals surface area (Å²) in [6.45, 7) is 1.48. The minimum atomic E-state index is 0.184. The molecule has 0 aliphatic carbocycles. The number of alkyl halides is 1. The Balaban J connectivity index is 2.12. The summed E-state index contributed by atoms with van der Waals surface area (Å²) in [6.07, 6.45) is 1.15. The van der Waals surface area contributed by atoms with Gasteiger partial charge < -0.3 is 9.47 Å². The molecule has 4 heteroatoms. The van der Waals surface area contributed by atoms with Crippen LogP contribution in [0.25, 0.3) is 0 Å². The van der Waals surface area contributed by atoms with Crippen LogP contribution in [0.3, 0.4) is 0 Å². The number of rotatable bonds is 3. The van der Waals surface area contributed by atoms with Crippen LogP contribution in [0.15, 0.2) is 18.2 Å². The van der Waals surface area contributed by atoms with Crippen molar-refractivity contribution < 1.29 is 9.47 Å². The number of ether oxygens (including phenoxy) is 2. The van der Waals surface area contributed by atoms with Gasteiger partial charge in [0.25, 0.3) is 0 Å². The number of halogens is 2. The molecule has 1 aromatic carbocycles. The van der Waals surface area contributed by atoms with Gasteiger partial charge in [-0.15, -0.1) is 0 Å². The van der Waals surface area contributed by atoms with Crippen LogP contribution in [-0.2, 0) is 10.1 Å². The minimum Gasteiger partial charge on any atom is -0.488 e. The van der Waals surface area contributed by atoms with E-state index in [0.717, 1.165) is 34.7 Å². The second-order valence-electron chi connectivity index (χ2n) is 3.49. The molecule has 1 aliphatic rings. The maximum absolute atomic E-state index is 5.91. The van der Waals surface area contributed by atoms with E-state index in [2.05, 4.69) is 15.9 Å². The highest BCUT2D eigenvalue weighted by Gasteiger charge is 2.18. The summed E-state index contributed by atoms with van der Waals surface area (Å²) in [4.78, 5) is 0. The number of benzene rings is 1. The van der Waals surface area contributed by atoms with Crippen molar-refractivity contribution in [1.82, 2.24) is 0 Å². The molecule has 0 spiro atoms. The van der Waals surface area contributed by atoms with Gasteiger partial charge in [-0.3, -0.25) is 0 Å². The smallest absolute Gasteiger partial charge is 0.124 e. The first kappa shape index (κ1) is 11.2. The quantitative estimate of drug-likeness (QED) is 0.795. The highest BCUT2D eigenvalue weighted by Crippen LogP contribution is 2.27. The van der Waals surface area contributed by atoms with Crippen molar-refractivity contribution in [2.45, 2.75) is 17.9 Å². The van der Waals surface area contributed by atoms with Crippen LogP contribution < -0.4 is 4.74 Å². The molecular formula is C11H12BrClO2. The number of hydrogen-bond acceptors (Lipinski definition) is 2. The largest absolute Gasteiger partial charge is 0.488 e. The zero-order valence-electron chi connectivity index (χ0n) is 8.21. The third kappa shape index (κ3) is 2.86. The molecule has 0 saturated carbocycles. The highest BCUT2D eigenvalue weighted by molar-refractivity contribution is 9.08. The van der Waals surface area contributed by atoms with Gasteiger partial charge in [-0.25, -0.2) is 0 Å². The standard InChI is InChI=1S/C11H12BrClO2/c12-6-8-5-9(13)1-2-11(8)15-10-3-4-14-7-10/h1-2,5,10H,3-4,6-7H2. The molecule has 15 heavy (non-hydrogen) atoms. The van der Waals surface area contributed by atoms with E-state index in [1.807, 2.05) is 18.2 Å². The van der Waals surface area contributed by atoms with Crippen molar-refractivity contribution in [3.63, 3.8) is 0 Å². The lowest BCUT2D eigenvalue weighted by atomic mass is 10.2. The second-order valence-corrected chi connectivity index (χ2v) is 4.49. The van der Waals surface area contributed by atoms with Crippen molar-refractivity contribution in [3.8, 4) is 5.75 Å². The molecule has 1 aliphatic heterocycles. The highest BCUT2D eigenvalue weighted by atomic mass is 79.9. The van der Waals surface area contributed by atoms with E-state index in [1.165, 1.54) is 0 Å². The van der Waals surface area contributed by atoms with Crippen molar-refractivity contribution >= 4 is 27.5 Å². The van der Waals surface area contributed by atoms with Crippen molar-refractivity contribution in [1.29, 1.82) is 0 Å². The van der Waals surface area contributed by atoms with Crippen LogP contribution in [0.1, 0.15) is 12.0 Å². The van der Waals surface area contributed by atoms with E-state index >= 15 is 0 Å². The summed E-state index contributed by atoms with van der Waals surface area (Å²) in [6, 6.07) is 5.68. The first-order valence-corrected chi connectivity index (χ1v) is 6.38. The van der Waals surface area contributed by atoms with E-state index in [4.69, 9.17) is 21.1 Å². The Morgan fingerprint density at radius 3 is 3.07 bits per heavy atom. The molecular weight excluding hydrogens is 279 g/mol. The van der Waals surface area contributed by atoms with Gasteiger partial charge in [0.15, 0.2) is 0 Å². The molecule has 1 heterocycles. The molecule has 1 fully saturated rings. The van der Waals surface area contributed by atoms with E-state index in [0.29, 0.717) is 6.61 Å². The van der Waals surface area contributed by atoms with Gasteiger partial charge in [-0.1, -0.05) is 27.5 Å². The summed E-state index contributed by atoms with van der Waals surface area (Å²) in [7, 11) is 0. The fraction of sp³-hybridized carbons (Fsp3) is 0.455. The van der Waals surface area contributed by atoms with Gasteiger partial charge in [0.05, 0.1) is 13.2 Å². The van der Waals surface area contributed by atoms with Gasteiger partial charge >= 0.3 is 0 Å². The molecule has 1 unspecified atom stereocenters. The lowest BCUT2D eigenvalue weighted by Gasteiger charge is -2.14. The van der Waals surface area contributed by atoms with Crippen LogP contribution in [-0.4, -0.2) is 19.3 Å². The normalized spacial score (nSPS) is 20.5. The Hall–Kier alpha value is -0.250. The van der Waals surface area contributed by atoms with Gasteiger partial charge in [-0.2, -0.15) is 0 Å². The lowest BCUT2D eigenvalue weighted by Crippen LogP contribution is -2.16. The topological polar surface area (TPSA) is 18.5 Å². The van der Waals surface area contributed by atoms with Crippen LogP contribution in [0, 0.1) is 0 Å². The molecule has 82 valence electrons. The molecule has 1 atom stereocenters. The Labute approximate surface area is 103 Å². The Morgan fingerprint density at radius 1 is 1.53 bits per heavy atom. The van der Waals surface area contributed by atoms with Gasteiger partial charge in [0.2, 0.25) is 0 Å². The summed E-state index contributed by atoms with van der Waals surface area (Å²) < 4.78 is 11.1. The predicted octanol–water partition coefficient (Wildman–Crippen LogP) is 3.40. The maximum atomic E-state index is 5.91. The summed E-state index contributed by atoms with van der Waals surface area (Å²) in [5.74, 6) is 0.895. The summed E-state index contributed by atoms with van der Waals surface area (Å²) in [5, 5.41) is 1.48. The molecule has 2 rings (SSSR count). The summed E-state index contributed by atoms with van der Waals surface area (Å²) >= 11 is 9.33. The number of hydrogen-bond donors (Lipinski definition) is 0. The van der Waals surface area contributed by atoms with Crippen LogP contribution in [0.4, 0.5) is 0 Å². The first-order chi connectivity index (χ1) is 7.29. The average Bonchev–Trinajstić information content (AvgIpc) is 2.73. The molecule has 0 bridgehead atoms. The molecule has 2 nitrogen and oxygen atoms in total.